The second-order valence-electron chi connectivity index (χ2n) is 2.95. The molecule has 0 aliphatic heterocycles. The van der Waals surface area contributed by atoms with Crippen LogP contribution in [-0.2, 0) is 11.2 Å². The Bertz CT molecular complexity index is 361. The number of ether oxygens (including phenoxy) is 1. The monoisotopic (exact) mass is 258 g/mol. The van der Waals surface area contributed by atoms with Gasteiger partial charge in [0.1, 0.15) is 5.75 Å². The Labute approximate surface area is 90.8 Å². The highest BCUT2D eigenvalue weighted by Crippen LogP contribution is 2.30. The van der Waals surface area contributed by atoms with Crippen molar-refractivity contribution in [1.29, 1.82) is 0 Å². The molecule has 0 saturated carbocycles. The van der Waals surface area contributed by atoms with Crippen molar-refractivity contribution in [3.8, 4) is 5.75 Å². The first-order valence-electron chi connectivity index (χ1n) is 4.10. The summed E-state index contributed by atoms with van der Waals surface area (Å²) < 4.78 is 5.93. The van der Waals surface area contributed by atoms with Crippen LogP contribution < -0.4 is 4.74 Å². The van der Waals surface area contributed by atoms with Gasteiger partial charge in [0, 0.05) is 10.0 Å². The molecule has 0 radical (unpaired) electrons. The first-order chi connectivity index (χ1) is 6.56. The minimum atomic E-state index is -0.866. The number of carbonyl (C=O) groups is 1. The number of hydrogen-bond donors (Lipinski definition) is 1. The number of carboxylic acids is 1. The summed E-state index contributed by atoms with van der Waals surface area (Å²) >= 11 is 3.31. The molecule has 76 valence electrons. The van der Waals surface area contributed by atoms with Gasteiger partial charge in [-0.1, -0.05) is 22.0 Å². The van der Waals surface area contributed by atoms with E-state index in [1.54, 1.807) is 7.11 Å². The fourth-order valence-corrected chi connectivity index (χ4v) is 1.77. The predicted octanol–water partition coefficient (Wildman–Crippen LogP) is 2.39. The fraction of sp³-hybridized carbons (Fsp3) is 0.300. The summed E-state index contributed by atoms with van der Waals surface area (Å²) in [6.45, 7) is 1.89. The number of rotatable bonds is 3. The molecule has 4 heteroatoms. The summed E-state index contributed by atoms with van der Waals surface area (Å²) in [4.78, 5) is 10.6. The maximum absolute atomic E-state index is 10.6. The van der Waals surface area contributed by atoms with Crippen molar-refractivity contribution in [3.05, 3.63) is 27.7 Å². The van der Waals surface area contributed by atoms with E-state index in [2.05, 4.69) is 15.9 Å². The molecular formula is C10H11BrO3. The molecule has 0 saturated heterocycles. The number of carboxylic acid groups (broad SMARTS) is 1. The van der Waals surface area contributed by atoms with Gasteiger partial charge in [-0.2, -0.15) is 0 Å². The average Bonchev–Trinajstić information content (AvgIpc) is 2.11. The Morgan fingerprint density at radius 3 is 2.71 bits per heavy atom. The summed E-state index contributed by atoms with van der Waals surface area (Å²) in [5.41, 5.74) is 1.62. The van der Waals surface area contributed by atoms with E-state index in [0.717, 1.165) is 10.0 Å². The van der Waals surface area contributed by atoms with E-state index in [0.29, 0.717) is 11.3 Å². The molecule has 3 nitrogen and oxygen atoms in total. The molecule has 0 fully saturated rings. The maximum Gasteiger partial charge on any atom is 0.308 e. The minimum absolute atomic E-state index is 0.0363. The van der Waals surface area contributed by atoms with Crippen LogP contribution in [0.2, 0.25) is 0 Å². The standard InChI is InChI=1S/C10H11BrO3/c1-6-3-4-8(11)7(5-9(12)13)10(6)14-2/h3-4H,5H2,1-2H3,(H,12,13). The zero-order chi connectivity index (χ0) is 10.7. The summed E-state index contributed by atoms with van der Waals surface area (Å²) in [6.07, 6.45) is -0.0363. The van der Waals surface area contributed by atoms with Crippen LogP contribution in [0.3, 0.4) is 0 Å². The molecule has 0 atom stereocenters. The van der Waals surface area contributed by atoms with Crippen LogP contribution in [-0.4, -0.2) is 18.2 Å². The SMILES string of the molecule is COc1c(C)ccc(Br)c1CC(=O)O. The van der Waals surface area contributed by atoms with Gasteiger partial charge < -0.3 is 9.84 Å². The van der Waals surface area contributed by atoms with Gasteiger partial charge in [0.05, 0.1) is 13.5 Å². The molecule has 0 unspecified atom stereocenters. The molecule has 0 bridgehead atoms. The molecule has 0 spiro atoms. The van der Waals surface area contributed by atoms with Crippen molar-refractivity contribution in [2.24, 2.45) is 0 Å². The van der Waals surface area contributed by atoms with E-state index in [9.17, 15) is 4.79 Å². The molecule has 0 aliphatic carbocycles. The smallest absolute Gasteiger partial charge is 0.308 e. The van der Waals surface area contributed by atoms with Crippen LogP contribution in [0, 0.1) is 6.92 Å². The van der Waals surface area contributed by atoms with Crippen LogP contribution in [0.25, 0.3) is 0 Å². The normalized spacial score (nSPS) is 9.93. The van der Waals surface area contributed by atoms with Gasteiger partial charge in [-0.05, 0) is 18.6 Å². The second-order valence-corrected chi connectivity index (χ2v) is 3.80. The Morgan fingerprint density at radius 1 is 1.57 bits per heavy atom. The van der Waals surface area contributed by atoms with Gasteiger partial charge in [-0.15, -0.1) is 0 Å². The number of halogens is 1. The quantitative estimate of drug-likeness (QED) is 0.906. The van der Waals surface area contributed by atoms with Gasteiger partial charge in [-0.25, -0.2) is 0 Å². The lowest BCUT2D eigenvalue weighted by Crippen LogP contribution is -2.04. The summed E-state index contributed by atoms with van der Waals surface area (Å²) in [5, 5.41) is 8.73. The molecule has 1 rings (SSSR count). The molecule has 0 aliphatic rings. The zero-order valence-electron chi connectivity index (χ0n) is 8.00. The molecule has 14 heavy (non-hydrogen) atoms. The highest BCUT2D eigenvalue weighted by molar-refractivity contribution is 9.10. The zero-order valence-corrected chi connectivity index (χ0v) is 9.59. The number of benzene rings is 1. The van der Waals surface area contributed by atoms with Gasteiger partial charge in [0.2, 0.25) is 0 Å². The van der Waals surface area contributed by atoms with Gasteiger partial charge in [-0.3, -0.25) is 4.79 Å². The molecule has 1 aromatic rings. The third-order valence-electron chi connectivity index (χ3n) is 1.93. The third-order valence-corrected chi connectivity index (χ3v) is 2.68. The Balaban J connectivity index is 3.22. The lowest BCUT2D eigenvalue weighted by molar-refractivity contribution is -0.136. The van der Waals surface area contributed by atoms with Crippen molar-refractivity contribution in [1.82, 2.24) is 0 Å². The number of hydrogen-bond acceptors (Lipinski definition) is 2. The highest BCUT2D eigenvalue weighted by atomic mass is 79.9. The van der Waals surface area contributed by atoms with E-state index in [1.807, 2.05) is 19.1 Å². The van der Waals surface area contributed by atoms with Gasteiger partial charge in [0.15, 0.2) is 0 Å². The lowest BCUT2D eigenvalue weighted by Gasteiger charge is -2.11. The molecule has 1 N–H and O–H groups in total. The highest BCUT2D eigenvalue weighted by Gasteiger charge is 2.13. The van der Waals surface area contributed by atoms with E-state index in [1.165, 1.54) is 0 Å². The number of aryl methyl sites for hydroxylation is 1. The van der Waals surface area contributed by atoms with Crippen LogP contribution >= 0.6 is 15.9 Å². The predicted molar refractivity (Wildman–Crippen MR) is 56.8 cm³/mol. The molecule has 0 amide bonds. The largest absolute Gasteiger partial charge is 0.496 e. The Kier molecular flexibility index (Phi) is 3.52. The van der Waals surface area contributed by atoms with Crippen molar-refractivity contribution in [2.75, 3.05) is 7.11 Å². The minimum Gasteiger partial charge on any atom is -0.496 e. The average molecular weight is 259 g/mol. The van der Waals surface area contributed by atoms with Crippen LogP contribution in [0.15, 0.2) is 16.6 Å². The second kappa shape index (κ2) is 4.46. The third kappa shape index (κ3) is 2.26. The van der Waals surface area contributed by atoms with Crippen LogP contribution in [0.1, 0.15) is 11.1 Å². The molecule has 0 heterocycles. The number of aliphatic carboxylic acids is 1. The van der Waals surface area contributed by atoms with E-state index in [4.69, 9.17) is 9.84 Å². The van der Waals surface area contributed by atoms with Crippen LogP contribution in [0.5, 0.6) is 5.75 Å². The van der Waals surface area contributed by atoms with E-state index >= 15 is 0 Å². The molecule has 0 aromatic heterocycles. The van der Waals surface area contributed by atoms with Crippen molar-refractivity contribution >= 4 is 21.9 Å². The summed E-state index contributed by atoms with van der Waals surface area (Å²) in [5.74, 6) is -0.226. The van der Waals surface area contributed by atoms with Crippen molar-refractivity contribution in [2.45, 2.75) is 13.3 Å². The van der Waals surface area contributed by atoms with E-state index < -0.39 is 5.97 Å². The van der Waals surface area contributed by atoms with Gasteiger partial charge in [0.25, 0.3) is 0 Å². The van der Waals surface area contributed by atoms with Crippen LogP contribution in [0.4, 0.5) is 0 Å². The number of methoxy groups -OCH3 is 1. The summed E-state index contributed by atoms with van der Waals surface area (Å²) in [7, 11) is 1.54. The van der Waals surface area contributed by atoms with Gasteiger partial charge >= 0.3 is 5.97 Å². The Hall–Kier alpha value is -1.03. The topological polar surface area (TPSA) is 46.5 Å². The van der Waals surface area contributed by atoms with Crippen molar-refractivity contribution < 1.29 is 14.6 Å². The molecular weight excluding hydrogens is 248 g/mol. The lowest BCUT2D eigenvalue weighted by atomic mass is 10.1. The first kappa shape index (κ1) is 11.0. The summed E-state index contributed by atoms with van der Waals surface area (Å²) in [6, 6.07) is 3.71. The van der Waals surface area contributed by atoms with Crippen molar-refractivity contribution in [3.63, 3.8) is 0 Å². The Morgan fingerprint density at radius 2 is 2.21 bits per heavy atom. The molecule has 1 aromatic carbocycles. The fourth-order valence-electron chi connectivity index (χ4n) is 1.32. The first-order valence-corrected chi connectivity index (χ1v) is 4.89. The maximum atomic E-state index is 10.6. The van der Waals surface area contributed by atoms with E-state index in [-0.39, 0.29) is 6.42 Å².